The summed E-state index contributed by atoms with van der Waals surface area (Å²) in [5.41, 5.74) is 0.225. The first-order valence-corrected chi connectivity index (χ1v) is 7.91. The summed E-state index contributed by atoms with van der Waals surface area (Å²) in [6.07, 6.45) is 2.86. The molecule has 110 valence electrons. The molecule has 1 aromatic heterocycles. The number of carbonyl (C=O) groups is 1. The Bertz CT molecular complexity index is 553. The van der Waals surface area contributed by atoms with Crippen LogP contribution in [0.2, 0.25) is 0 Å². The molecular formula is C12H18N4O3S. The molecule has 7 nitrogen and oxygen atoms in total. The zero-order valence-corrected chi connectivity index (χ0v) is 12.1. The van der Waals surface area contributed by atoms with Gasteiger partial charge in [-0.15, -0.1) is 0 Å². The van der Waals surface area contributed by atoms with E-state index >= 15 is 0 Å². The largest absolute Gasteiger partial charge is 0.304 e. The standard InChI is InChI=1S/C12H18N4O3S/c1-2-15-6-8-16(9-7-15)20(18,19)14-12(17)11-4-3-5-13-10-11/h3-5,10H,2,6-9H2,1H3,(H,14,17). The SMILES string of the molecule is CCN1CCN(S(=O)(=O)NC(=O)c2cccnc2)CC1. The van der Waals surface area contributed by atoms with Crippen molar-refractivity contribution in [3.05, 3.63) is 30.1 Å². The van der Waals surface area contributed by atoms with Gasteiger partial charge in [0.2, 0.25) is 0 Å². The minimum absolute atomic E-state index is 0.225. The average Bonchev–Trinajstić information content (AvgIpc) is 2.48. The van der Waals surface area contributed by atoms with Crippen molar-refractivity contribution in [2.75, 3.05) is 32.7 Å². The molecule has 8 heteroatoms. The Balaban J connectivity index is 2.00. The maximum absolute atomic E-state index is 12.1. The van der Waals surface area contributed by atoms with Gasteiger partial charge in [-0.1, -0.05) is 6.92 Å². The molecule has 1 N–H and O–H groups in total. The van der Waals surface area contributed by atoms with Gasteiger partial charge >= 0.3 is 10.2 Å². The molecule has 1 aromatic rings. The van der Waals surface area contributed by atoms with E-state index in [1.165, 1.54) is 22.8 Å². The highest BCUT2D eigenvalue weighted by molar-refractivity contribution is 7.87. The number of nitrogens with one attached hydrogen (secondary N) is 1. The zero-order valence-electron chi connectivity index (χ0n) is 11.3. The highest BCUT2D eigenvalue weighted by Crippen LogP contribution is 2.06. The van der Waals surface area contributed by atoms with Crippen molar-refractivity contribution in [2.24, 2.45) is 0 Å². The third kappa shape index (κ3) is 3.53. The number of likely N-dealkylation sites (N-methyl/N-ethyl adjacent to an activating group) is 1. The molecule has 20 heavy (non-hydrogen) atoms. The van der Waals surface area contributed by atoms with Crippen LogP contribution < -0.4 is 4.72 Å². The predicted octanol–water partition coefficient (Wildman–Crippen LogP) is -0.306. The second-order valence-corrected chi connectivity index (χ2v) is 6.18. The summed E-state index contributed by atoms with van der Waals surface area (Å²) in [6.45, 7) is 5.08. The number of aromatic nitrogens is 1. The second kappa shape index (κ2) is 6.29. The smallest absolute Gasteiger partial charge is 0.301 e. The van der Waals surface area contributed by atoms with Crippen LogP contribution in [0.25, 0.3) is 0 Å². The number of hydrogen-bond acceptors (Lipinski definition) is 5. The fraction of sp³-hybridized carbons (Fsp3) is 0.500. The lowest BCUT2D eigenvalue weighted by molar-refractivity contribution is 0.0977. The van der Waals surface area contributed by atoms with Crippen LogP contribution in [0.15, 0.2) is 24.5 Å². The van der Waals surface area contributed by atoms with Crippen LogP contribution in [-0.4, -0.2) is 61.2 Å². The van der Waals surface area contributed by atoms with Crippen LogP contribution in [0.1, 0.15) is 17.3 Å². The number of piperazine rings is 1. The molecule has 0 aliphatic carbocycles. The Morgan fingerprint density at radius 3 is 2.60 bits per heavy atom. The second-order valence-electron chi connectivity index (χ2n) is 4.51. The molecule has 0 spiro atoms. The van der Waals surface area contributed by atoms with Gasteiger partial charge in [-0.05, 0) is 18.7 Å². The van der Waals surface area contributed by atoms with Crippen molar-refractivity contribution < 1.29 is 13.2 Å². The first-order valence-electron chi connectivity index (χ1n) is 6.47. The number of rotatable bonds is 4. The predicted molar refractivity (Wildman–Crippen MR) is 74.3 cm³/mol. The molecule has 1 aliphatic rings. The van der Waals surface area contributed by atoms with Crippen LogP contribution in [0, 0.1) is 0 Å². The number of amides is 1. The lowest BCUT2D eigenvalue weighted by atomic mass is 10.3. The molecule has 0 unspecified atom stereocenters. The molecule has 1 fully saturated rings. The summed E-state index contributed by atoms with van der Waals surface area (Å²) in [7, 11) is -3.78. The van der Waals surface area contributed by atoms with Crippen LogP contribution in [0.4, 0.5) is 0 Å². The molecule has 1 aliphatic heterocycles. The van der Waals surface area contributed by atoms with Gasteiger partial charge in [-0.3, -0.25) is 9.78 Å². The maximum atomic E-state index is 12.1. The summed E-state index contributed by atoms with van der Waals surface area (Å²) in [5.74, 6) is -0.656. The molecule has 1 amide bonds. The van der Waals surface area contributed by atoms with Gasteiger partial charge in [-0.2, -0.15) is 12.7 Å². The third-order valence-electron chi connectivity index (χ3n) is 3.26. The van der Waals surface area contributed by atoms with E-state index in [0.29, 0.717) is 26.2 Å². The van der Waals surface area contributed by atoms with Crippen LogP contribution in [0.3, 0.4) is 0 Å². The van der Waals surface area contributed by atoms with Gasteiger partial charge in [0.15, 0.2) is 0 Å². The topological polar surface area (TPSA) is 82.6 Å². The lowest BCUT2D eigenvalue weighted by Crippen LogP contribution is -2.52. The van der Waals surface area contributed by atoms with E-state index in [2.05, 4.69) is 14.6 Å². The monoisotopic (exact) mass is 298 g/mol. The highest BCUT2D eigenvalue weighted by atomic mass is 32.2. The minimum Gasteiger partial charge on any atom is -0.301 e. The van der Waals surface area contributed by atoms with Gasteiger partial charge in [0.1, 0.15) is 0 Å². The summed E-state index contributed by atoms with van der Waals surface area (Å²) in [4.78, 5) is 17.8. The highest BCUT2D eigenvalue weighted by Gasteiger charge is 2.28. The van der Waals surface area contributed by atoms with Crippen molar-refractivity contribution in [3.63, 3.8) is 0 Å². The van der Waals surface area contributed by atoms with Crippen molar-refractivity contribution in [2.45, 2.75) is 6.92 Å². The van der Waals surface area contributed by atoms with Gasteiger partial charge in [-0.25, -0.2) is 4.72 Å². The van der Waals surface area contributed by atoms with E-state index in [0.717, 1.165) is 6.54 Å². The average molecular weight is 298 g/mol. The van der Waals surface area contributed by atoms with Crippen molar-refractivity contribution in [1.29, 1.82) is 0 Å². The van der Waals surface area contributed by atoms with E-state index < -0.39 is 16.1 Å². The fourth-order valence-electron chi connectivity index (χ4n) is 2.02. The number of pyridine rings is 1. The molecule has 2 heterocycles. The molecule has 1 saturated heterocycles. The number of hydrogen-bond donors (Lipinski definition) is 1. The molecule has 0 saturated carbocycles. The van der Waals surface area contributed by atoms with E-state index in [-0.39, 0.29) is 5.56 Å². The summed E-state index contributed by atoms with van der Waals surface area (Å²) in [6, 6.07) is 3.11. The summed E-state index contributed by atoms with van der Waals surface area (Å²) >= 11 is 0. The van der Waals surface area contributed by atoms with Gasteiger partial charge in [0.05, 0.1) is 5.56 Å². The first-order chi connectivity index (χ1) is 9.53. The van der Waals surface area contributed by atoms with Crippen LogP contribution in [0.5, 0.6) is 0 Å². The molecular weight excluding hydrogens is 280 g/mol. The van der Waals surface area contributed by atoms with Crippen LogP contribution >= 0.6 is 0 Å². The van der Waals surface area contributed by atoms with E-state index in [9.17, 15) is 13.2 Å². The summed E-state index contributed by atoms with van der Waals surface area (Å²) in [5, 5.41) is 0. The lowest BCUT2D eigenvalue weighted by Gasteiger charge is -2.32. The molecule has 0 radical (unpaired) electrons. The molecule has 0 aromatic carbocycles. The quantitative estimate of drug-likeness (QED) is 0.825. The van der Waals surface area contributed by atoms with E-state index in [4.69, 9.17) is 0 Å². The first kappa shape index (κ1) is 14.9. The van der Waals surface area contributed by atoms with Crippen molar-refractivity contribution >= 4 is 16.1 Å². The molecule has 0 bridgehead atoms. The third-order valence-corrected chi connectivity index (χ3v) is 4.75. The Hall–Kier alpha value is -1.51. The zero-order chi connectivity index (χ0) is 14.6. The Morgan fingerprint density at radius 2 is 2.05 bits per heavy atom. The maximum Gasteiger partial charge on any atom is 0.304 e. The normalized spacial score (nSPS) is 17.9. The summed E-state index contributed by atoms with van der Waals surface area (Å²) < 4.78 is 27.6. The minimum atomic E-state index is -3.78. The number of nitrogens with zero attached hydrogens (tertiary/aromatic N) is 3. The van der Waals surface area contributed by atoms with Crippen molar-refractivity contribution in [1.82, 2.24) is 18.9 Å². The van der Waals surface area contributed by atoms with Gasteiger partial charge in [0.25, 0.3) is 5.91 Å². The Kier molecular flexibility index (Phi) is 4.69. The van der Waals surface area contributed by atoms with Gasteiger partial charge in [0, 0.05) is 38.6 Å². The fourth-order valence-corrected chi connectivity index (χ4v) is 3.15. The van der Waals surface area contributed by atoms with Gasteiger partial charge < -0.3 is 4.90 Å². The molecule has 2 rings (SSSR count). The van der Waals surface area contributed by atoms with Crippen molar-refractivity contribution in [3.8, 4) is 0 Å². The van der Waals surface area contributed by atoms with E-state index in [1.54, 1.807) is 6.07 Å². The van der Waals surface area contributed by atoms with E-state index in [1.807, 2.05) is 6.92 Å². The Labute approximate surface area is 118 Å². The number of carbonyl (C=O) groups excluding carboxylic acids is 1. The van der Waals surface area contributed by atoms with Crippen LogP contribution in [-0.2, 0) is 10.2 Å². The Morgan fingerprint density at radius 1 is 1.35 bits per heavy atom. The molecule has 0 atom stereocenters.